The minimum atomic E-state index is -4.42. The van der Waals surface area contributed by atoms with Gasteiger partial charge < -0.3 is 10.6 Å². The largest absolute Gasteiger partial charge is 0.405 e. The second-order valence-corrected chi connectivity index (χ2v) is 5.37. The lowest BCUT2D eigenvalue weighted by Gasteiger charge is -2.11. The summed E-state index contributed by atoms with van der Waals surface area (Å²) in [5.41, 5.74) is 0.908. The highest BCUT2D eigenvalue weighted by Crippen LogP contribution is 2.21. The number of halogens is 4. The second-order valence-electron chi connectivity index (χ2n) is 4.98. The molecule has 0 radical (unpaired) electrons. The number of hydrogen-bond donors (Lipinski definition) is 2. The first kappa shape index (κ1) is 17.8. The number of aromatic nitrogens is 5. The fraction of sp³-hybridized carbons (Fsp3) is 0.133. The van der Waals surface area contributed by atoms with Crippen LogP contribution in [0.4, 0.5) is 30.8 Å². The van der Waals surface area contributed by atoms with Gasteiger partial charge in [-0.2, -0.15) is 28.1 Å². The molecular weight excluding hydrogens is 371 g/mol. The first-order valence-electron chi connectivity index (χ1n) is 7.26. The van der Waals surface area contributed by atoms with Gasteiger partial charge >= 0.3 is 6.18 Å². The fourth-order valence-corrected chi connectivity index (χ4v) is 2.07. The van der Waals surface area contributed by atoms with Gasteiger partial charge in [0, 0.05) is 18.1 Å². The zero-order valence-corrected chi connectivity index (χ0v) is 13.8. The summed E-state index contributed by atoms with van der Waals surface area (Å²) in [7, 11) is 0. The van der Waals surface area contributed by atoms with E-state index >= 15 is 0 Å². The molecule has 26 heavy (non-hydrogen) atoms. The molecule has 3 aromatic rings. The van der Waals surface area contributed by atoms with E-state index in [1.807, 2.05) is 0 Å². The van der Waals surface area contributed by atoms with Crippen molar-refractivity contribution >= 4 is 29.2 Å². The van der Waals surface area contributed by atoms with E-state index in [0.717, 1.165) is 0 Å². The number of alkyl halides is 3. The smallest absolute Gasteiger partial charge is 0.345 e. The van der Waals surface area contributed by atoms with Gasteiger partial charge in [0.15, 0.2) is 5.82 Å². The Hall–Kier alpha value is -3.01. The molecule has 0 aromatic carbocycles. The van der Waals surface area contributed by atoms with Crippen molar-refractivity contribution < 1.29 is 13.2 Å². The van der Waals surface area contributed by atoms with Crippen LogP contribution in [0.15, 0.2) is 42.7 Å². The Morgan fingerprint density at radius 3 is 2.35 bits per heavy atom. The van der Waals surface area contributed by atoms with E-state index in [0.29, 0.717) is 11.4 Å². The maximum absolute atomic E-state index is 12.5. The van der Waals surface area contributed by atoms with Gasteiger partial charge in [0.1, 0.15) is 17.4 Å². The minimum Gasteiger partial charge on any atom is -0.345 e. The van der Waals surface area contributed by atoms with E-state index in [4.69, 9.17) is 11.6 Å². The highest BCUT2D eigenvalue weighted by atomic mass is 35.5. The molecule has 0 fully saturated rings. The molecular formula is C15H11ClF3N7. The van der Waals surface area contributed by atoms with Gasteiger partial charge in [-0.3, -0.25) is 4.98 Å². The molecule has 0 saturated carbocycles. The van der Waals surface area contributed by atoms with Crippen molar-refractivity contribution in [2.75, 3.05) is 17.2 Å². The first-order chi connectivity index (χ1) is 12.4. The summed E-state index contributed by atoms with van der Waals surface area (Å²) in [5, 5.41) is 5.22. The quantitative estimate of drug-likeness (QED) is 0.651. The predicted molar refractivity (Wildman–Crippen MR) is 90.1 cm³/mol. The van der Waals surface area contributed by atoms with Gasteiger partial charge in [0.2, 0.25) is 11.9 Å². The van der Waals surface area contributed by atoms with E-state index in [1.165, 1.54) is 0 Å². The second kappa shape index (κ2) is 7.48. The maximum Gasteiger partial charge on any atom is 0.405 e. The van der Waals surface area contributed by atoms with Crippen LogP contribution in [0, 0.1) is 0 Å². The fourth-order valence-electron chi connectivity index (χ4n) is 1.90. The van der Waals surface area contributed by atoms with Gasteiger partial charge in [-0.1, -0.05) is 17.7 Å². The Kier molecular flexibility index (Phi) is 5.12. The monoisotopic (exact) mass is 381 g/mol. The summed E-state index contributed by atoms with van der Waals surface area (Å²) in [6.45, 7) is -1.28. The average molecular weight is 382 g/mol. The molecule has 0 amide bonds. The molecule has 3 rings (SSSR count). The number of nitrogens with one attached hydrogen (secondary N) is 2. The molecule has 0 spiro atoms. The van der Waals surface area contributed by atoms with Gasteiger partial charge in [0.25, 0.3) is 0 Å². The molecule has 0 atom stereocenters. The van der Waals surface area contributed by atoms with E-state index in [-0.39, 0.29) is 22.9 Å². The SMILES string of the molecule is FC(F)(F)CNc1nc(Nc2ccncc2)nc(-c2cccc(Cl)n2)n1. The van der Waals surface area contributed by atoms with Crippen LogP contribution in [-0.4, -0.2) is 37.6 Å². The van der Waals surface area contributed by atoms with E-state index in [9.17, 15) is 13.2 Å². The zero-order chi connectivity index (χ0) is 18.6. The lowest BCUT2D eigenvalue weighted by molar-refractivity contribution is -0.115. The molecule has 0 unspecified atom stereocenters. The van der Waals surface area contributed by atoms with Crippen molar-refractivity contribution in [3.8, 4) is 11.5 Å². The molecule has 3 heterocycles. The Labute approximate surface area is 150 Å². The van der Waals surface area contributed by atoms with Crippen LogP contribution in [0.3, 0.4) is 0 Å². The Balaban J connectivity index is 1.96. The average Bonchev–Trinajstić information content (AvgIpc) is 2.60. The van der Waals surface area contributed by atoms with E-state index in [1.54, 1.807) is 42.7 Å². The molecule has 3 aromatic heterocycles. The number of anilines is 3. The molecule has 0 saturated heterocycles. The van der Waals surface area contributed by atoms with Gasteiger partial charge in [0.05, 0.1) is 0 Å². The highest BCUT2D eigenvalue weighted by Gasteiger charge is 2.27. The van der Waals surface area contributed by atoms with E-state index < -0.39 is 12.7 Å². The molecule has 0 bridgehead atoms. The standard InChI is InChI=1S/C15H11ClF3N7/c16-11-3-1-2-10(23-11)12-24-13(21-8-15(17,18)19)26-14(25-12)22-9-4-6-20-7-5-9/h1-7H,8H2,(H2,20,21,22,24,25,26). The van der Waals surface area contributed by atoms with Gasteiger partial charge in [-0.25, -0.2) is 4.98 Å². The molecule has 0 aliphatic rings. The van der Waals surface area contributed by atoms with Crippen LogP contribution in [-0.2, 0) is 0 Å². The third kappa shape index (κ3) is 4.99. The lowest BCUT2D eigenvalue weighted by Crippen LogP contribution is -2.22. The molecule has 7 nitrogen and oxygen atoms in total. The first-order valence-corrected chi connectivity index (χ1v) is 7.63. The molecule has 0 aliphatic heterocycles. The summed E-state index contributed by atoms with van der Waals surface area (Å²) in [6.07, 6.45) is -1.32. The molecule has 134 valence electrons. The summed E-state index contributed by atoms with van der Waals surface area (Å²) in [6, 6.07) is 8.09. The Morgan fingerprint density at radius 2 is 1.65 bits per heavy atom. The number of pyridine rings is 2. The van der Waals surface area contributed by atoms with Crippen LogP contribution in [0.5, 0.6) is 0 Å². The Morgan fingerprint density at radius 1 is 0.923 bits per heavy atom. The summed E-state index contributed by atoms with van der Waals surface area (Å²) in [5.74, 6) is -0.123. The van der Waals surface area contributed by atoms with Crippen molar-refractivity contribution in [1.29, 1.82) is 0 Å². The van der Waals surface area contributed by atoms with Crippen LogP contribution in [0.25, 0.3) is 11.5 Å². The zero-order valence-electron chi connectivity index (χ0n) is 13.0. The lowest BCUT2D eigenvalue weighted by atomic mass is 10.3. The normalized spacial score (nSPS) is 11.2. The topological polar surface area (TPSA) is 88.5 Å². The molecule has 11 heteroatoms. The van der Waals surface area contributed by atoms with Gasteiger partial charge in [-0.15, -0.1) is 0 Å². The minimum absolute atomic E-state index is 0.0488. The Bertz CT molecular complexity index is 890. The van der Waals surface area contributed by atoms with Crippen molar-refractivity contribution in [3.63, 3.8) is 0 Å². The third-order valence-corrected chi connectivity index (χ3v) is 3.17. The number of nitrogens with zero attached hydrogens (tertiary/aromatic N) is 5. The van der Waals surface area contributed by atoms with Crippen molar-refractivity contribution in [2.45, 2.75) is 6.18 Å². The van der Waals surface area contributed by atoms with Crippen LogP contribution < -0.4 is 10.6 Å². The number of hydrogen-bond acceptors (Lipinski definition) is 7. The molecule has 0 aliphatic carbocycles. The van der Waals surface area contributed by atoms with Crippen LogP contribution >= 0.6 is 11.6 Å². The summed E-state index contributed by atoms with van der Waals surface area (Å²) >= 11 is 5.86. The predicted octanol–water partition coefficient (Wildman–Crippen LogP) is 3.70. The van der Waals surface area contributed by atoms with Gasteiger partial charge in [-0.05, 0) is 24.3 Å². The highest BCUT2D eigenvalue weighted by molar-refractivity contribution is 6.29. The third-order valence-electron chi connectivity index (χ3n) is 2.96. The molecule has 2 N–H and O–H groups in total. The van der Waals surface area contributed by atoms with Crippen LogP contribution in [0.1, 0.15) is 0 Å². The van der Waals surface area contributed by atoms with E-state index in [2.05, 4.69) is 35.6 Å². The number of rotatable bonds is 5. The van der Waals surface area contributed by atoms with Crippen molar-refractivity contribution in [1.82, 2.24) is 24.9 Å². The summed E-state index contributed by atoms with van der Waals surface area (Å²) in [4.78, 5) is 20.1. The summed E-state index contributed by atoms with van der Waals surface area (Å²) < 4.78 is 37.4. The van der Waals surface area contributed by atoms with Crippen molar-refractivity contribution in [2.24, 2.45) is 0 Å². The van der Waals surface area contributed by atoms with Crippen LogP contribution in [0.2, 0.25) is 5.15 Å². The van der Waals surface area contributed by atoms with Crippen molar-refractivity contribution in [3.05, 3.63) is 47.9 Å². The maximum atomic E-state index is 12.5.